The van der Waals surface area contributed by atoms with E-state index in [1.807, 2.05) is 54.6 Å². The summed E-state index contributed by atoms with van der Waals surface area (Å²) in [6.45, 7) is 2.44. The number of para-hydroxylation sites is 2. The van der Waals surface area contributed by atoms with Gasteiger partial charge in [-0.05, 0) is 36.8 Å². The zero-order valence-corrected chi connectivity index (χ0v) is 15.9. The second kappa shape index (κ2) is 7.49. The van der Waals surface area contributed by atoms with Crippen molar-refractivity contribution in [2.24, 2.45) is 5.92 Å². The Morgan fingerprint density at radius 2 is 1.81 bits per heavy atom. The zero-order valence-electron chi connectivity index (χ0n) is 15.1. The number of ether oxygens (including phenoxy) is 1. The van der Waals surface area contributed by atoms with Gasteiger partial charge in [-0.2, -0.15) is 0 Å². The lowest BCUT2D eigenvalue weighted by Gasteiger charge is -2.31. The number of hydrogen-bond acceptors (Lipinski definition) is 4. The Morgan fingerprint density at radius 1 is 1.04 bits per heavy atom. The molecular weight excluding hydrogens is 354 g/mol. The molecule has 1 aliphatic heterocycles. The van der Waals surface area contributed by atoms with Gasteiger partial charge in [0.05, 0.1) is 18.1 Å². The molecule has 0 aromatic heterocycles. The number of nitrogens with two attached hydrogens (primary N) is 1. The minimum Gasteiger partial charge on any atom is -0.492 e. The van der Waals surface area contributed by atoms with E-state index in [2.05, 4.69) is 25.1 Å². The van der Waals surface area contributed by atoms with Gasteiger partial charge in [-0.1, -0.05) is 54.1 Å². The number of aryl methyl sites for hydroxylation is 1. The summed E-state index contributed by atoms with van der Waals surface area (Å²) in [7, 11) is 0. The zero-order chi connectivity index (χ0) is 18.8. The first-order chi connectivity index (χ1) is 13.1. The molecule has 1 heterocycles. The van der Waals surface area contributed by atoms with E-state index in [1.54, 1.807) is 11.8 Å². The Hall–Kier alpha value is -2.72. The van der Waals surface area contributed by atoms with E-state index in [4.69, 9.17) is 10.5 Å². The van der Waals surface area contributed by atoms with E-state index in [0.29, 0.717) is 17.9 Å². The van der Waals surface area contributed by atoms with E-state index < -0.39 is 0 Å². The highest BCUT2D eigenvalue weighted by molar-refractivity contribution is 7.99. The Balaban J connectivity index is 1.74. The van der Waals surface area contributed by atoms with Crippen LogP contribution in [-0.4, -0.2) is 12.4 Å². The molecule has 0 saturated heterocycles. The first kappa shape index (κ1) is 17.7. The van der Waals surface area contributed by atoms with Gasteiger partial charge in [0, 0.05) is 15.8 Å². The quantitative estimate of drug-likeness (QED) is 0.496. The molecule has 27 heavy (non-hydrogen) atoms. The van der Waals surface area contributed by atoms with Crippen LogP contribution < -0.4 is 10.5 Å². The van der Waals surface area contributed by atoms with Crippen LogP contribution in [0, 0.1) is 12.8 Å². The van der Waals surface area contributed by atoms with Gasteiger partial charge in [-0.15, -0.1) is 11.8 Å². The SMILES string of the molecule is Cc1cccc([C@H](Sc2ccccc2N)[C@H]2COc3ccccc3C2=O)c1. The number of hydrogen-bond donors (Lipinski definition) is 1. The maximum absolute atomic E-state index is 13.3. The molecule has 0 unspecified atom stereocenters. The fraction of sp³-hybridized carbons (Fsp3) is 0.174. The van der Waals surface area contributed by atoms with Crippen molar-refractivity contribution in [1.29, 1.82) is 0 Å². The number of Topliss-reactive ketones (excluding diaryl/α,β-unsaturated/α-hetero) is 1. The van der Waals surface area contributed by atoms with Crippen molar-refractivity contribution >= 4 is 23.2 Å². The third-order valence-electron chi connectivity index (χ3n) is 4.82. The lowest BCUT2D eigenvalue weighted by molar-refractivity contribution is 0.0827. The Morgan fingerprint density at radius 3 is 2.63 bits per heavy atom. The third-order valence-corrected chi connectivity index (χ3v) is 6.30. The van der Waals surface area contributed by atoms with E-state index in [-0.39, 0.29) is 17.0 Å². The molecule has 136 valence electrons. The number of fused-ring (bicyclic) bond motifs is 1. The van der Waals surface area contributed by atoms with Gasteiger partial charge in [-0.25, -0.2) is 0 Å². The summed E-state index contributed by atoms with van der Waals surface area (Å²) < 4.78 is 5.94. The van der Waals surface area contributed by atoms with Gasteiger partial charge in [0.25, 0.3) is 0 Å². The van der Waals surface area contributed by atoms with Crippen molar-refractivity contribution in [3.8, 4) is 5.75 Å². The van der Waals surface area contributed by atoms with Crippen LogP contribution in [0.4, 0.5) is 5.69 Å². The lowest BCUT2D eigenvalue weighted by Crippen LogP contribution is -2.31. The first-order valence-electron chi connectivity index (χ1n) is 8.97. The van der Waals surface area contributed by atoms with Gasteiger partial charge in [-0.3, -0.25) is 4.79 Å². The monoisotopic (exact) mass is 375 g/mol. The summed E-state index contributed by atoms with van der Waals surface area (Å²) in [6, 6.07) is 23.6. The van der Waals surface area contributed by atoms with Crippen LogP contribution in [0.5, 0.6) is 5.75 Å². The second-order valence-electron chi connectivity index (χ2n) is 6.77. The third kappa shape index (κ3) is 3.58. The van der Waals surface area contributed by atoms with Crippen molar-refractivity contribution in [3.05, 3.63) is 89.5 Å². The number of nitrogen functional groups attached to an aromatic ring is 1. The van der Waals surface area contributed by atoms with Crippen LogP contribution in [0.1, 0.15) is 26.7 Å². The van der Waals surface area contributed by atoms with Crippen molar-refractivity contribution in [2.75, 3.05) is 12.3 Å². The van der Waals surface area contributed by atoms with Crippen LogP contribution >= 0.6 is 11.8 Å². The average Bonchev–Trinajstić information content (AvgIpc) is 2.68. The number of thioether (sulfide) groups is 1. The molecule has 3 aromatic rings. The van der Waals surface area contributed by atoms with Crippen molar-refractivity contribution in [2.45, 2.75) is 17.1 Å². The molecule has 0 bridgehead atoms. The van der Waals surface area contributed by atoms with Gasteiger partial charge >= 0.3 is 0 Å². The highest BCUT2D eigenvalue weighted by Crippen LogP contribution is 2.46. The molecule has 0 saturated carbocycles. The Bertz CT molecular complexity index is 985. The molecule has 4 heteroatoms. The second-order valence-corrected chi connectivity index (χ2v) is 7.95. The van der Waals surface area contributed by atoms with Gasteiger partial charge in [0.2, 0.25) is 0 Å². The molecule has 4 rings (SSSR count). The molecule has 3 aromatic carbocycles. The van der Waals surface area contributed by atoms with Gasteiger partial charge in [0.15, 0.2) is 5.78 Å². The smallest absolute Gasteiger partial charge is 0.174 e. The number of benzene rings is 3. The molecular formula is C23H21NO2S. The normalized spacial score (nSPS) is 17.1. The van der Waals surface area contributed by atoms with Crippen molar-refractivity contribution in [3.63, 3.8) is 0 Å². The van der Waals surface area contributed by atoms with E-state index in [0.717, 1.165) is 16.1 Å². The summed E-state index contributed by atoms with van der Waals surface area (Å²) in [5, 5.41) is -0.0737. The van der Waals surface area contributed by atoms with Crippen LogP contribution in [0.25, 0.3) is 0 Å². The summed E-state index contributed by atoms with van der Waals surface area (Å²) in [6.07, 6.45) is 0. The number of anilines is 1. The maximum atomic E-state index is 13.3. The maximum Gasteiger partial charge on any atom is 0.174 e. The molecule has 0 fully saturated rings. The topological polar surface area (TPSA) is 52.3 Å². The summed E-state index contributed by atoms with van der Waals surface area (Å²) in [5.74, 6) is 0.530. The van der Waals surface area contributed by atoms with Gasteiger partial charge < -0.3 is 10.5 Å². The molecule has 1 aliphatic rings. The molecule has 0 aliphatic carbocycles. The molecule has 2 N–H and O–H groups in total. The molecule has 3 nitrogen and oxygen atoms in total. The van der Waals surface area contributed by atoms with Crippen LogP contribution in [0.2, 0.25) is 0 Å². The highest BCUT2D eigenvalue weighted by Gasteiger charge is 2.36. The molecule has 0 amide bonds. The number of rotatable bonds is 4. The van der Waals surface area contributed by atoms with Crippen LogP contribution in [0.15, 0.2) is 77.7 Å². The van der Waals surface area contributed by atoms with Crippen LogP contribution in [0.3, 0.4) is 0 Å². The highest BCUT2D eigenvalue weighted by atomic mass is 32.2. The summed E-state index contributed by atoms with van der Waals surface area (Å²) in [4.78, 5) is 14.2. The number of carbonyl (C=O) groups is 1. The number of carbonyl (C=O) groups excluding carboxylic acids is 1. The van der Waals surface area contributed by atoms with Crippen LogP contribution in [-0.2, 0) is 0 Å². The fourth-order valence-corrected chi connectivity index (χ4v) is 4.71. The fourth-order valence-electron chi connectivity index (χ4n) is 3.43. The predicted octanol–water partition coefficient (Wildman–Crippen LogP) is 5.30. The van der Waals surface area contributed by atoms with Crippen molar-refractivity contribution in [1.82, 2.24) is 0 Å². The standard InChI is InChI=1S/C23H21NO2S/c1-15-7-6-8-16(13-15)23(27-21-12-5-3-10-19(21)24)18-14-26-20-11-4-2-9-17(20)22(18)25/h2-13,18,23H,14,24H2,1H3/t18-,23-/m0/s1. The molecule has 0 radical (unpaired) electrons. The Kier molecular flexibility index (Phi) is 4.90. The largest absolute Gasteiger partial charge is 0.492 e. The van der Waals surface area contributed by atoms with Gasteiger partial charge in [0.1, 0.15) is 5.75 Å². The number of ketones is 1. The van der Waals surface area contributed by atoms with E-state index >= 15 is 0 Å². The minimum absolute atomic E-state index is 0.0737. The molecule has 2 atom stereocenters. The van der Waals surface area contributed by atoms with E-state index in [9.17, 15) is 4.79 Å². The van der Waals surface area contributed by atoms with E-state index in [1.165, 1.54) is 5.56 Å². The summed E-state index contributed by atoms with van der Waals surface area (Å²) in [5.41, 5.74) is 9.85. The lowest BCUT2D eigenvalue weighted by atomic mass is 9.89. The first-order valence-corrected chi connectivity index (χ1v) is 9.85. The minimum atomic E-state index is -0.272. The average molecular weight is 375 g/mol. The molecule has 0 spiro atoms. The predicted molar refractivity (Wildman–Crippen MR) is 110 cm³/mol. The van der Waals surface area contributed by atoms with Crippen molar-refractivity contribution < 1.29 is 9.53 Å². The Labute approximate surface area is 163 Å². The summed E-state index contributed by atoms with van der Waals surface area (Å²) >= 11 is 1.64.